The Hall–Kier alpha value is -0.570. The zero-order valence-electron chi connectivity index (χ0n) is 16.3. The highest BCUT2D eigenvalue weighted by molar-refractivity contribution is 6.21. The number of hydrogen-bond acceptors (Lipinski definition) is 2. The molecule has 2 aliphatic rings. The zero-order chi connectivity index (χ0) is 19.0. The molecule has 0 aromatic heterocycles. The Labute approximate surface area is 165 Å². The average Bonchev–Trinajstić information content (AvgIpc) is 2.84. The summed E-state index contributed by atoms with van der Waals surface area (Å²) in [4.78, 5) is 0. The van der Waals surface area contributed by atoms with E-state index in [1.54, 1.807) is 0 Å². The summed E-state index contributed by atoms with van der Waals surface area (Å²) in [5.74, 6) is 0.376. The zero-order valence-corrected chi connectivity index (χ0v) is 17.1. The maximum absolute atomic E-state index is 10.6. The van der Waals surface area contributed by atoms with Gasteiger partial charge in [0.05, 0.1) is 12.2 Å². The molecule has 0 aliphatic heterocycles. The van der Waals surface area contributed by atoms with Crippen molar-refractivity contribution in [3.8, 4) is 0 Å². The minimum atomic E-state index is -0.370. The Kier molecular flexibility index (Phi) is 8.93. The van der Waals surface area contributed by atoms with Gasteiger partial charge in [-0.05, 0) is 50.9 Å². The Balaban J connectivity index is 1.89. The Morgan fingerprint density at radius 3 is 2.65 bits per heavy atom. The van der Waals surface area contributed by atoms with Crippen LogP contribution in [0.4, 0.5) is 0 Å². The second kappa shape index (κ2) is 10.7. The van der Waals surface area contributed by atoms with E-state index in [0.29, 0.717) is 12.8 Å². The first-order valence-corrected chi connectivity index (χ1v) is 10.9. The summed E-state index contributed by atoms with van der Waals surface area (Å²) in [7, 11) is 0. The molecular weight excluding hydrogens is 344 g/mol. The molecule has 2 nitrogen and oxygen atoms in total. The van der Waals surface area contributed by atoms with Gasteiger partial charge in [0.2, 0.25) is 0 Å². The van der Waals surface area contributed by atoms with Crippen LogP contribution in [0.25, 0.3) is 0 Å². The molecule has 2 saturated carbocycles. The summed E-state index contributed by atoms with van der Waals surface area (Å²) in [6.45, 7) is 6.05. The van der Waals surface area contributed by atoms with Crippen molar-refractivity contribution >= 4 is 11.6 Å². The van der Waals surface area contributed by atoms with E-state index >= 15 is 0 Å². The van der Waals surface area contributed by atoms with Gasteiger partial charge in [-0.2, -0.15) is 0 Å². The van der Waals surface area contributed by atoms with E-state index < -0.39 is 0 Å². The van der Waals surface area contributed by atoms with Crippen LogP contribution in [0.5, 0.6) is 0 Å². The second-order valence-electron chi connectivity index (χ2n) is 8.30. The van der Waals surface area contributed by atoms with Gasteiger partial charge in [-0.25, -0.2) is 0 Å². The standard InChI is InChI=1S/C23H37ClO2/c1-3-5-6-7-8-11-18-19(21(25)17-20(18)24)12-9-13-22(26)23(14-4-2)15-10-16-23/h4,7-9,12,18-22,25-26H,2-3,5-6,10-11,13-17H2,1H3/b8-7-,12-9+/t18-,19-,20-,21-,22?/m1/s1. The first kappa shape index (κ1) is 21.7. The lowest BCUT2D eigenvalue weighted by Gasteiger charge is -2.45. The SMILES string of the molecule is C=CCC1(C(O)C/C=C/[C@@H]2[C@@H](C/C=C\CCCC)[C@H](Cl)C[C@H]2O)CCC1. The predicted molar refractivity (Wildman–Crippen MR) is 111 cm³/mol. The smallest absolute Gasteiger partial charge is 0.0633 e. The van der Waals surface area contributed by atoms with Gasteiger partial charge in [0.25, 0.3) is 0 Å². The van der Waals surface area contributed by atoms with Crippen LogP contribution in [-0.2, 0) is 0 Å². The number of aliphatic hydroxyl groups is 2. The molecule has 5 atom stereocenters. The fraction of sp³-hybridized carbons (Fsp3) is 0.739. The monoisotopic (exact) mass is 380 g/mol. The van der Waals surface area contributed by atoms with E-state index in [0.717, 1.165) is 32.1 Å². The van der Waals surface area contributed by atoms with Crippen LogP contribution in [-0.4, -0.2) is 27.8 Å². The van der Waals surface area contributed by atoms with Crippen LogP contribution in [0.2, 0.25) is 0 Å². The first-order valence-electron chi connectivity index (χ1n) is 10.5. The van der Waals surface area contributed by atoms with E-state index in [4.69, 9.17) is 11.6 Å². The molecule has 2 aliphatic carbocycles. The summed E-state index contributed by atoms with van der Waals surface area (Å²) in [5.41, 5.74) is 0.0385. The fourth-order valence-corrected chi connectivity index (χ4v) is 5.02. The van der Waals surface area contributed by atoms with Crippen molar-refractivity contribution in [3.63, 3.8) is 0 Å². The minimum Gasteiger partial charge on any atom is -0.392 e. The van der Waals surface area contributed by atoms with E-state index in [1.807, 2.05) is 6.08 Å². The third-order valence-corrected chi connectivity index (χ3v) is 7.00. The highest BCUT2D eigenvalue weighted by atomic mass is 35.5. The van der Waals surface area contributed by atoms with Gasteiger partial charge in [0.1, 0.15) is 0 Å². The van der Waals surface area contributed by atoms with E-state index in [1.165, 1.54) is 19.3 Å². The maximum atomic E-state index is 10.6. The second-order valence-corrected chi connectivity index (χ2v) is 8.86. The van der Waals surface area contributed by atoms with Crippen LogP contribution >= 0.6 is 11.6 Å². The first-order chi connectivity index (χ1) is 12.5. The van der Waals surface area contributed by atoms with Crippen molar-refractivity contribution in [2.75, 3.05) is 0 Å². The molecule has 0 aromatic carbocycles. The molecule has 2 N–H and O–H groups in total. The highest BCUT2D eigenvalue weighted by Crippen LogP contribution is 2.48. The summed E-state index contributed by atoms with van der Waals surface area (Å²) >= 11 is 6.51. The molecule has 0 saturated heterocycles. The Bertz CT molecular complexity index is 481. The lowest BCUT2D eigenvalue weighted by Crippen LogP contribution is -2.40. The van der Waals surface area contributed by atoms with Gasteiger partial charge in [-0.3, -0.25) is 0 Å². The summed E-state index contributed by atoms with van der Waals surface area (Å²) in [5, 5.41) is 21.1. The average molecular weight is 381 g/mol. The Morgan fingerprint density at radius 1 is 1.27 bits per heavy atom. The van der Waals surface area contributed by atoms with Crippen LogP contribution in [0, 0.1) is 17.3 Å². The number of rotatable bonds is 11. The van der Waals surface area contributed by atoms with Crippen molar-refractivity contribution in [3.05, 3.63) is 37.0 Å². The largest absolute Gasteiger partial charge is 0.392 e. The fourth-order valence-electron chi connectivity index (χ4n) is 4.56. The molecule has 2 rings (SSSR count). The van der Waals surface area contributed by atoms with E-state index in [2.05, 4.69) is 37.8 Å². The van der Waals surface area contributed by atoms with Crippen molar-refractivity contribution in [1.29, 1.82) is 0 Å². The number of unbranched alkanes of at least 4 members (excludes halogenated alkanes) is 2. The lowest BCUT2D eigenvalue weighted by atomic mass is 9.62. The molecule has 0 radical (unpaired) electrons. The number of aliphatic hydroxyl groups excluding tert-OH is 2. The van der Waals surface area contributed by atoms with E-state index in [-0.39, 0.29) is 34.8 Å². The quantitative estimate of drug-likeness (QED) is 0.271. The lowest BCUT2D eigenvalue weighted by molar-refractivity contribution is -0.0304. The molecule has 2 fully saturated rings. The third-order valence-electron chi connectivity index (χ3n) is 6.49. The van der Waals surface area contributed by atoms with Gasteiger partial charge >= 0.3 is 0 Å². The van der Waals surface area contributed by atoms with Crippen molar-refractivity contribution in [1.82, 2.24) is 0 Å². The molecule has 1 unspecified atom stereocenters. The van der Waals surface area contributed by atoms with Gasteiger partial charge in [0.15, 0.2) is 0 Å². The maximum Gasteiger partial charge on any atom is 0.0633 e. The van der Waals surface area contributed by atoms with E-state index in [9.17, 15) is 10.2 Å². The van der Waals surface area contributed by atoms with Crippen molar-refractivity contribution in [2.24, 2.45) is 17.3 Å². The molecule has 0 spiro atoms. The van der Waals surface area contributed by atoms with Gasteiger partial charge in [-0.1, -0.05) is 56.6 Å². The highest BCUT2D eigenvalue weighted by Gasteiger charge is 2.42. The van der Waals surface area contributed by atoms with Crippen LogP contribution in [0.15, 0.2) is 37.0 Å². The molecule has 26 heavy (non-hydrogen) atoms. The molecule has 0 amide bonds. The molecule has 3 heteroatoms. The third kappa shape index (κ3) is 5.47. The molecule has 0 aromatic rings. The number of alkyl halides is 1. The van der Waals surface area contributed by atoms with Crippen LogP contribution < -0.4 is 0 Å². The van der Waals surface area contributed by atoms with Gasteiger partial charge < -0.3 is 10.2 Å². The summed E-state index contributed by atoms with van der Waals surface area (Å²) in [6.07, 6.45) is 20.0. The molecule has 148 valence electrons. The number of halogens is 1. The van der Waals surface area contributed by atoms with Crippen LogP contribution in [0.3, 0.4) is 0 Å². The molecule has 0 heterocycles. The number of hydrogen-bond donors (Lipinski definition) is 2. The summed E-state index contributed by atoms with van der Waals surface area (Å²) in [6, 6.07) is 0. The molecular formula is C23H37ClO2. The summed E-state index contributed by atoms with van der Waals surface area (Å²) < 4.78 is 0. The number of allylic oxidation sites excluding steroid dienone is 3. The van der Waals surface area contributed by atoms with Crippen LogP contribution in [0.1, 0.15) is 71.1 Å². The Morgan fingerprint density at radius 2 is 2.04 bits per heavy atom. The predicted octanol–water partition coefficient (Wildman–Crippen LogP) is 5.78. The normalized spacial score (nSPS) is 32.2. The van der Waals surface area contributed by atoms with Gasteiger partial charge in [0, 0.05) is 16.7 Å². The topological polar surface area (TPSA) is 40.5 Å². The van der Waals surface area contributed by atoms with Crippen molar-refractivity contribution in [2.45, 2.75) is 88.7 Å². The molecule has 0 bridgehead atoms. The van der Waals surface area contributed by atoms with Gasteiger partial charge in [-0.15, -0.1) is 18.2 Å². The van der Waals surface area contributed by atoms with Crippen molar-refractivity contribution < 1.29 is 10.2 Å². The minimum absolute atomic E-state index is 0.0270.